The molecule has 0 aliphatic carbocycles. The second-order valence-corrected chi connectivity index (χ2v) is 5.10. The molecule has 0 aliphatic rings. The lowest BCUT2D eigenvalue weighted by Crippen LogP contribution is -2.23. The van der Waals surface area contributed by atoms with Crippen LogP contribution in [0, 0.1) is 6.92 Å². The molecule has 22 heavy (non-hydrogen) atoms. The molecule has 116 valence electrons. The number of ether oxygens (including phenoxy) is 1. The Balaban J connectivity index is 2.60. The number of aliphatic hydroxyl groups is 1. The maximum atomic E-state index is 12.4. The Bertz CT molecular complexity index is 654. The highest BCUT2D eigenvalue weighted by Gasteiger charge is 2.19. The Morgan fingerprint density at radius 1 is 1.27 bits per heavy atom. The van der Waals surface area contributed by atoms with Gasteiger partial charge < -0.3 is 14.7 Å². The average molecular weight is 300 g/mol. The van der Waals surface area contributed by atoms with Crippen LogP contribution < -0.4 is 4.74 Å². The average Bonchev–Trinajstić information content (AvgIpc) is 2.53. The first-order chi connectivity index (χ1) is 10.6. The summed E-state index contributed by atoms with van der Waals surface area (Å²) in [5.41, 5.74) is 2.90. The van der Waals surface area contributed by atoms with Gasteiger partial charge in [-0.2, -0.15) is 0 Å². The SMILES string of the molecule is Cc1c(OCCO)ccc(C(=O)N(C)C)c1-c1ccccn1. The molecule has 0 bridgehead atoms. The molecular weight excluding hydrogens is 280 g/mol. The number of aromatic nitrogens is 1. The summed E-state index contributed by atoms with van der Waals surface area (Å²) >= 11 is 0. The summed E-state index contributed by atoms with van der Waals surface area (Å²) < 4.78 is 5.54. The van der Waals surface area contributed by atoms with E-state index in [9.17, 15) is 4.79 Å². The second-order valence-electron chi connectivity index (χ2n) is 5.10. The first-order valence-corrected chi connectivity index (χ1v) is 7.06. The van der Waals surface area contributed by atoms with E-state index < -0.39 is 0 Å². The second kappa shape index (κ2) is 7.04. The molecule has 0 aliphatic heterocycles. The number of rotatable bonds is 5. The Kier molecular flexibility index (Phi) is 5.12. The molecule has 0 fully saturated rings. The number of benzene rings is 1. The van der Waals surface area contributed by atoms with E-state index in [4.69, 9.17) is 9.84 Å². The van der Waals surface area contributed by atoms with Crippen LogP contribution in [-0.4, -0.2) is 48.2 Å². The van der Waals surface area contributed by atoms with Crippen LogP contribution >= 0.6 is 0 Å². The first-order valence-electron chi connectivity index (χ1n) is 7.06. The third-order valence-electron chi connectivity index (χ3n) is 3.32. The molecule has 1 aromatic heterocycles. The van der Waals surface area contributed by atoms with E-state index in [0.29, 0.717) is 11.3 Å². The number of carbonyl (C=O) groups is 1. The summed E-state index contributed by atoms with van der Waals surface area (Å²) in [4.78, 5) is 18.3. The summed E-state index contributed by atoms with van der Waals surface area (Å²) in [6, 6.07) is 9.08. The van der Waals surface area contributed by atoms with E-state index in [1.807, 2.05) is 25.1 Å². The molecule has 1 N–H and O–H groups in total. The van der Waals surface area contributed by atoms with E-state index in [1.165, 1.54) is 4.90 Å². The summed E-state index contributed by atoms with van der Waals surface area (Å²) in [6.07, 6.45) is 1.69. The van der Waals surface area contributed by atoms with Crippen LogP contribution in [0.25, 0.3) is 11.3 Å². The van der Waals surface area contributed by atoms with Crippen molar-refractivity contribution in [3.8, 4) is 17.0 Å². The number of amides is 1. The van der Waals surface area contributed by atoms with Crippen molar-refractivity contribution in [1.82, 2.24) is 9.88 Å². The van der Waals surface area contributed by atoms with Crippen LogP contribution in [0.3, 0.4) is 0 Å². The summed E-state index contributed by atoms with van der Waals surface area (Å²) in [7, 11) is 3.44. The number of hydrogen-bond donors (Lipinski definition) is 1. The maximum Gasteiger partial charge on any atom is 0.254 e. The van der Waals surface area contributed by atoms with Crippen LogP contribution in [0.1, 0.15) is 15.9 Å². The van der Waals surface area contributed by atoms with Crippen molar-refractivity contribution in [2.24, 2.45) is 0 Å². The monoisotopic (exact) mass is 300 g/mol. The van der Waals surface area contributed by atoms with Gasteiger partial charge in [-0.15, -0.1) is 0 Å². The lowest BCUT2D eigenvalue weighted by Gasteiger charge is -2.18. The quantitative estimate of drug-likeness (QED) is 0.919. The van der Waals surface area contributed by atoms with E-state index >= 15 is 0 Å². The standard InChI is InChI=1S/C17H20N2O3/c1-12-15(22-11-10-20)8-7-13(17(21)19(2)3)16(12)14-6-4-5-9-18-14/h4-9,20H,10-11H2,1-3H3. The van der Waals surface area contributed by atoms with Gasteiger partial charge in [0.25, 0.3) is 5.91 Å². The van der Waals surface area contributed by atoms with Crippen LogP contribution in [-0.2, 0) is 0 Å². The van der Waals surface area contributed by atoms with Gasteiger partial charge in [-0.1, -0.05) is 6.07 Å². The number of nitrogens with zero attached hydrogens (tertiary/aromatic N) is 2. The smallest absolute Gasteiger partial charge is 0.254 e. The zero-order valence-corrected chi connectivity index (χ0v) is 13.0. The molecule has 2 rings (SSSR count). The van der Waals surface area contributed by atoms with Crippen molar-refractivity contribution in [2.45, 2.75) is 6.92 Å². The molecule has 0 saturated carbocycles. The Morgan fingerprint density at radius 2 is 2.05 bits per heavy atom. The predicted molar refractivity (Wildman–Crippen MR) is 85.0 cm³/mol. The summed E-state index contributed by atoms with van der Waals surface area (Å²) in [5, 5.41) is 8.92. The third kappa shape index (κ3) is 3.26. The van der Waals surface area contributed by atoms with Gasteiger partial charge in [0.1, 0.15) is 12.4 Å². The fourth-order valence-electron chi connectivity index (χ4n) is 2.26. The Labute approximate surface area is 130 Å². The highest BCUT2D eigenvalue weighted by Crippen LogP contribution is 2.33. The highest BCUT2D eigenvalue weighted by atomic mass is 16.5. The molecular formula is C17H20N2O3. The van der Waals surface area contributed by atoms with Crippen LogP contribution in [0.4, 0.5) is 0 Å². The number of aliphatic hydroxyl groups excluding tert-OH is 1. The molecule has 2 aromatic rings. The molecule has 1 amide bonds. The molecule has 5 nitrogen and oxygen atoms in total. The molecule has 0 atom stereocenters. The van der Waals surface area contributed by atoms with Crippen molar-refractivity contribution in [3.05, 3.63) is 47.7 Å². The van der Waals surface area contributed by atoms with Crippen LogP contribution in [0.15, 0.2) is 36.5 Å². The zero-order chi connectivity index (χ0) is 16.1. The minimum Gasteiger partial charge on any atom is -0.491 e. The van der Waals surface area contributed by atoms with Gasteiger partial charge in [0.05, 0.1) is 12.3 Å². The van der Waals surface area contributed by atoms with Crippen molar-refractivity contribution in [3.63, 3.8) is 0 Å². The lowest BCUT2D eigenvalue weighted by atomic mass is 9.96. The van der Waals surface area contributed by atoms with E-state index in [0.717, 1.165) is 16.8 Å². The van der Waals surface area contributed by atoms with Gasteiger partial charge in [0.2, 0.25) is 0 Å². The van der Waals surface area contributed by atoms with E-state index in [2.05, 4.69) is 4.98 Å². The minimum atomic E-state index is -0.0857. The number of carbonyl (C=O) groups excluding carboxylic acids is 1. The van der Waals surface area contributed by atoms with Crippen molar-refractivity contribution in [2.75, 3.05) is 27.3 Å². The Morgan fingerprint density at radius 3 is 2.64 bits per heavy atom. The number of pyridine rings is 1. The first kappa shape index (κ1) is 16.0. The Hall–Kier alpha value is -2.40. The lowest BCUT2D eigenvalue weighted by molar-refractivity contribution is 0.0828. The van der Waals surface area contributed by atoms with Gasteiger partial charge in [0.15, 0.2) is 0 Å². The van der Waals surface area contributed by atoms with Gasteiger partial charge in [-0.05, 0) is 31.2 Å². The minimum absolute atomic E-state index is 0.0588. The van der Waals surface area contributed by atoms with Gasteiger partial charge in [-0.3, -0.25) is 9.78 Å². The summed E-state index contributed by atoms with van der Waals surface area (Å²) in [5.74, 6) is 0.558. The van der Waals surface area contributed by atoms with Crippen LogP contribution in [0.2, 0.25) is 0 Å². The molecule has 5 heteroatoms. The van der Waals surface area contributed by atoms with Crippen molar-refractivity contribution < 1.29 is 14.6 Å². The van der Waals surface area contributed by atoms with Crippen LogP contribution in [0.5, 0.6) is 5.75 Å². The van der Waals surface area contributed by atoms with Gasteiger partial charge >= 0.3 is 0 Å². The van der Waals surface area contributed by atoms with Gasteiger partial charge in [-0.25, -0.2) is 0 Å². The molecule has 0 saturated heterocycles. The predicted octanol–water partition coefficient (Wildman–Crippen LogP) is 2.13. The highest BCUT2D eigenvalue weighted by molar-refractivity contribution is 6.01. The maximum absolute atomic E-state index is 12.4. The molecule has 0 unspecified atom stereocenters. The molecule has 1 heterocycles. The number of hydrogen-bond acceptors (Lipinski definition) is 4. The normalized spacial score (nSPS) is 10.4. The van der Waals surface area contributed by atoms with E-state index in [-0.39, 0.29) is 19.1 Å². The third-order valence-corrected chi connectivity index (χ3v) is 3.32. The molecule has 1 aromatic carbocycles. The summed E-state index contributed by atoms with van der Waals surface area (Å²) in [6.45, 7) is 2.05. The fourth-order valence-corrected chi connectivity index (χ4v) is 2.26. The molecule has 0 radical (unpaired) electrons. The van der Waals surface area contributed by atoms with Crippen molar-refractivity contribution >= 4 is 5.91 Å². The van der Waals surface area contributed by atoms with Gasteiger partial charge in [0, 0.05) is 37.0 Å². The molecule has 0 spiro atoms. The largest absolute Gasteiger partial charge is 0.491 e. The topological polar surface area (TPSA) is 62.7 Å². The zero-order valence-electron chi connectivity index (χ0n) is 13.0. The van der Waals surface area contributed by atoms with Crippen molar-refractivity contribution in [1.29, 1.82) is 0 Å². The fraction of sp³-hybridized carbons (Fsp3) is 0.294. The van der Waals surface area contributed by atoms with E-state index in [1.54, 1.807) is 32.4 Å².